The molecule has 4 aromatic rings. The molecule has 0 aliphatic carbocycles. The molecule has 1 atom stereocenters. The Bertz CT molecular complexity index is 1190. The fourth-order valence-corrected chi connectivity index (χ4v) is 5.08. The van der Waals surface area contributed by atoms with E-state index in [9.17, 15) is 0 Å². The van der Waals surface area contributed by atoms with Crippen LogP contribution in [-0.4, -0.2) is 9.61 Å². The molecule has 148 valence electrons. The Labute approximate surface area is 181 Å². The molecule has 3 aromatic carbocycles. The molecule has 3 nitrogen and oxygen atoms in total. The van der Waals surface area contributed by atoms with Crippen LogP contribution >= 0.6 is 11.8 Å². The highest BCUT2D eigenvalue weighted by Gasteiger charge is 2.26. The van der Waals surface area contributed by atoms with Gasteiger partial charge >= 0.3 is 0 Å². The maximum atomic E-state index is 4.58. The van der Waals surface area contributed by atoms with Crippen molar-refractivity contribution in [3.05, 3.63) is 114 Å². The Kier molecular flexibility index (Phi) is 4.93. The van der Waals surface area contributed by atoms with Crippen LogP contribution < -0.4 is 5.43 Å². The van der Waals surface area contributed by atoms with Gasteiger partial charge in [-0.15, -0.1) is 0 Å². The van der Waals surface area contributed by atoms with Gasteiger partial charge in [-0.2, -0.15) is 5.10 Å². The molecule has 0 fully saturated rings. The van der Waals surface area contributed by atoms with Gasteiger partial charge in [0.25, 0.3) is 0 Å². The van der Waals surface area contributed by atoms with Crippen molar-refractivity contribution < 1.29 is 0 Å². The number of aromatic nitrogens is 1. The normalized spacial score (nSPS) is 15.7. The number of hydrogen-bond acceptors (Lipinski definition) is 3. The van der Waals surface area contributed by atoms with Crippen LogP contribution in [0.5, 0.6) is 0 Å². The number of hydrogen-bond donors (Lipinski definition) is 1. The predicted molar refractivity (Wildman–Crippen MR) is 127 cm³/mol. The molecular weight excluding hydrogens is 386 g/mol. The zero-order valence-corrected chi connectivity index (χ0v) is 17.9. The van der Waals surface area contributed by atoms with Gasteiger partial charge < -0.3 is 4.57 Å². The first-order valence-electron chi connectivity index (χ1n) is 10.1. The Balaban J connectivity index is 1.41. The van der Waals surface area contributed by atoms with E-state index in [1.54, 1.807) is 11.8 Å². The minimum Gasteiger partial charge on any atom is -0.318 e. The molecule has 0 unspecified atom stereocenters. The summed E-state index contributed by atoms with van der Waals surface area (Å²) >= 11 is 1.77. The third kappa shape index (κ3) is 3.44. The highest BCUT2D eigenvalue weighted by atomic mass is 32.2. The van der Waals surface area contributed by atoms with Gasteiger partial charge in [0.15, 0.2) is 0 Å². The van der Waals surface area contributed by atoms with E-state index in [2.05, 4.69) is 108 Å². The molecule has 1 aliphatic rings. The lowest BCUT2D eigenvalue weighted by Gasteiger charge is -2.13. The standard InChI is InChI=1S/C26H23N3S/c1-18-17-24(26-28-27-25(30-26)22-11-7-4-8-12-22)19(2)29(18)23-15-13-21(14-16-23)20-9-5-3-6-10-20/h3-17,26,28H,1-2H3/t26-/m1/s1. The van der Waals surface area contributed by atoms with Crippen molar-refractivity contribution in [2.75, 3.05) is 0 Å². The Morgan fingerprint density at radius 1 is 0.767 bits per heavy atom. The molecule has 0 amide bonds. The second-order valence-corrected chi connectivity index (χ2v) is 8.58. The van der Waals surface area contributed by atoms with Gasteiger partial charge in [0.1, 0.15) is 10.4 Å². The van der Waals surface area contributed by atoms with E-state index in [1.165, 1.54) is 33.8 Å². The fourth-order valence-electron chi connectivity index (χ4n) is 4.01. The lowest BCUT2D eigenvalue weighted by Crippen LogP contribution is -2.08. The first-order chi connectivity index (χ1) is 14.7. The quantitative estimate of drug-likeness (QED) is 0.419. The van der Waals surface area contributed by atoms with Gasteiger partial charge in [0, 0.05) is 28.2 Å². The van der Waals surface area contributed by atoms with Crippen LogP contribution in [0.15, 0.2) is 96.1 Å². The van der Waals surface area contributed by atoms with Crippen molar-refractivity contribution in [3.8, 4) is 16.8 Å². The maximum Gasteiger partial charge on any atom is 0.126 e. The van der Waals surface area contributed by atoms with Crippen LogP contribution in [0.1, 0.15) is 27.9 Å². The number of nitrogens with one attached hydrogen (secondary N) is 1. The summed E-state index contributed by atoms with van der Waals surface area (Å²) in [6.45, 7) is 4.36. The first kappa shape index (κ1) is 18.8. The number of benzene rings is 3. The lowest BCUT2D eigenvalue weighted by atomic mass is 10.1. The molecule has 0 bridgehead atoms. The number of hydrazone groups is 1. The van der Waals surface area contributed by atoms with Crippen LogP contribution in [0, 0.1) is 13.8 Å². The number of thioether (sulfide) groups is 1. The molecule has 4 heteroatoms. The van der Waals surface area contributed by atoms with Gasteiger partial charge in [-0.25, -0.2) is 0 Å². The second kappa shape index (κ2) is 7.88. The number of aryl methyl sites for hydroxylation is 1. The summed E-state index contributed by atoms with van der Waals surface area (Å²) in [4.78, 5) is 0. The number of rotatable bonds is 4. The summed E-state index contributed by atoms with van der Waals surface area (Å²) in [5.41, 5.74) is 11.9. The number of nitrogens with zero attached hydrogens (tertiary/aromatic N) is 2. The minimum atomic E-state index is 0.128. The van der Waals surface area contributed by atoms with Gasteiger partial charge in [0.2, 0.25) is 0 Å². The summed E-state index contributed by atoms with van der Waals surface area (Å²) in [6.07, 6.45) is 0. The zero-order chi connectivity index (χ0) is 20.5. The van der Waals surface area contributed by atoms with Gasteiger partial charge in [-0.1, -0.05) is 84.6 Å². The molecule has 0 saturated carbocycles. The molecule has 30 heavy (non-hydrogen) atoms. The molecule has 1 aromatic heterocycles. The average molecular weight is 410 g/mol. The van der Waals surface area contributed by atoms with E-state index in [4.69, 9.17) is 0 Å². The zero-order valence-electron chi connectivity index (χ0n) is 17.0. The van der Waals surface area contributed by atoms with Crippen LogP contribution in [0.3, 0.4) is 0 Å². The van der Waals surface area contributed by atoms with E-state index in [-0.39, 0.29) is 5.37 Å². The highest BCUT2D eigenvalue weighted by Crippen LogP contribution is 2.37. The minimum absolute atomic E-state index is 0.128. The van der Waals surface area contributed by atoms with Crippen molar-refractivity contribution in [1.29, 1.82) is 0 Å². The summed E-state index contributed by atoms with van der Waals surface area (Å²) in [6, 6.07) is 31.9. The highest BCUT2D eigenvalue weighted by molar-refractivity contribution is 8.14. The Morgan fingerprint density at radius 2 is 1.37 bits per heavy atom. The summed E-state index contributed by atoms with van der Waals surface area (Å²) in [7, 11) is 0. The summed E-state index contributed by atoms with van der Waals surface area (Å²) < 4.78 is 2.33. The third-order valence-electron chi connectivity index (χ3n) is 5.52. The molecule has 5 rings (SSSR count). The van der Waals surface area contributed by atoms with Crippen LogP contribution in [-0.2, 0) is 0 Å². The van der Waals surface area contributed by atoms with Gasteiger partial charge in [0.05, 0.1) is 0 Å². The summed E-state index contributed by atoms with van der Waals surface area (Å²) in [5, 5.41) is 5.75. The SMILES string of the molecule is Cc1cc([C@@H]2NN=C(c3ccccc3)S2)c(C)n1-c1ccc(-c2ccccc2)cc1. The Hall–Kier alpha value is -3.24. The average Bonchev–Trinajstić information content (AvgIpc) is 3.40. The van der Waals surface area contributed by atoms with E-state index in [1.807, 2.05) is 12.1 Å². The van der Waals surface area contributed by atoms with Crippen LogP contribution in [0.4, 0.5) is 0 Å². The predicted octanol–water partition coefficient (Wildman–Crippen LogP) is 6.46. The maximum absolute atomic E-state index is 4.58. The van der Waals surface area contributed by atoms with Crippen molar-refractivity contribution in [3.63, 3.8) is 0 Å². The van der Waals surface area contributed by atoms with Crippen LogP contribution in [0.2, 0.25) is 0 Å². The van der Waals surface area contributed by atoms with Gasteiger partial charge in [-0.05, 0) is 43.2 Å². The fraction of sp³-hybridized carbons (Fsp3) is 0.115. The van der Waals surface area contributed by atoms with E-state index < -0.39 is 0 Å². The Morgan fingerprint density at radius 3 is 2.03 bits per heavy atom. The van der Waals surface area contributed by atoms with E-state index >= 15 is 0 Å². The second-order valence-electron chi connectivity index (χ2n) is 7.48. The third-order valence-corrected chi connectivity index (χ3v) is 6.66. The molecule has 1 aliphatic heterocycles. The topological polar surface area (TPSA) is 29.3 Å². The smallest absolute Gasteiger partial charge is 0.126 e. The molecule has 0 spiro atoms. The van der Waals surface area contributed by atoms with Crippen molar-refractivity contribution in [2.45, 2.75) is 19.2 Å². The van der Waals surface area contributed by atoms with Crippen molar-refractivity contribution in [1.82, 2.24) is 9.99 Å². The molecular formula is C26H23N3S. The van der Waals surface area contributed by atoms with Crippen molar-refractivity contribution >= 4 is 16.8 Å². The lowest BCUT2D eigenvalue weighted by molar-refractivity contribution is 0.737. The molecule has 1 N–H and O–H groups in total. The monoisotopic (exact) mass is 409 g/mol. The largest absolute Gasteiger partial charge is 0.318 e. The van der Waals surface area contributed by atoms with Crippen LogP contribution in [0.25, 0.3) is 16.8 Å². The van der Waals surface area contributed by atoms with Gasteiger partial charge in [-0.3, -0.25) is 5.43 Å². The molecule has 2 heterocycles. The summed E-state index contributed by atoms with van der Waals surface area (Å²) in [5.74, 6) is 0. The van der Waals surface area contributed by atoms with E-state index in [0.717, 1.165) is 10.6 Å². The first-order valence-corrected chi connectivity index (χ1v) is 11.0. The molecule has 0 radical (unpaired) electrons. The van der Waals surface area contributed by atoms with E-state index in [0.29, 0.717) is 0 Å². The molecule has 0 saturated heterocycles. The van der Waals surface area contributed by atoms with Crippen molar-refractivity contribution in [2.24, 2.45) is 5.10 Å².